The van der Waals surface area contributed by atoms with E-state index in [0.29, 0.717) is 24.5 Å². The highest BCUT2D eigenvalue weighted by atomic mass is 16.5. The average molecular weight is 295 g/mol. The quantitative estimate of drug-likeness (QED) is 0.668. The zero-order valence-corrected chi connectivity index (χ0v) is 14.3. The van der Waals surface area contributed by atoms with E-state index in [4.69, 9.17) is 4.74 Å². The van der Waals surface area contributed by atoms with Crippen molar-refractivity contribution < 1.29 is 9.53 Å². The fraction of sp³-hybridized carbons (Fsp3) is 0.944. The van der Waals surface area contributed by atoms with Gasteiger partial charge in [0.05, 0.1) is 12.5 Å². The molecule has 0 radical (unpaired) electrons. The van der Waals surface area contributed by atoms with E-state index < -0.39 is 0 Å². The molecule has 122 valence electrons. The topological polar surface area (TPSA) is 29.5 Å². The van der Waals surface area contributed by atoms with E-state index in [-0.39, 0.29) is 11.9 Å². The first-order chi connectivity index (χ1) is 10.0. The van der Waals surface area contributed by atoms with E-state index in [0.717, 1.165) is 18.9 Å². The summed E-state index contributed by atoms with van der Waals surface area (Å²) in [7, 11) is 0. The van der Waals surface area contributed by atoms with Crippen LogP contribution in [0.25, 0.3) is 0 Å². The highest BCUT2D eigenvalue weighted by Crippen LogP contribution is 2.36. The molecule has 21 heavy (non-hydrogen) atoms. The first-order valence-corrected chi connectivity index (χ1v) is 8.95. The SMILES string of the molecule is CCOC(=O)[C@@H]1CCC[C@@H](CN(C2CC2)[C@H](C)C(C)C)C1. The molecule has 0 unspecified atom stereocenters. The van der Waals surface area contributed by atoms with Gasteiger partial charge in [-0.3, -0.25) is 9.69 Å². The third-order valence-corrected chi connectivity index (χ3v) is 5.38. The fourth-order valence-corrected chi connectivity index (χ4v) is 3.67. The van der Waals surface area contributed by atoms with E-state index in [9.17, 15) is 4.79 Å². The van der Waals surface area contributed by atoms with Crippen LogP contribution in [-0.2, 0) is 9.53 Å². The number of carbonyl (C=O) groups is 1. The van der Waals surface area contributed by atoms with Crippen LogP contribution in [0.1, 0.15) is 66.2 Å². The molecule has 3 heteroatoms. The molecular formula is C18H33NO2. The number of carbonyl (C=O) groups excluding carboxylic acids is 1. The minimum absolute atomic E-state index is 0.0390. The zero-order chi connectivity index (χ0) is 15.4. The summed E-state index contributed by atoms with van der Waals surface area (Å²) in [6.07, 6.45) is 7.26. The number of nitrogens with zero attached hydrogens (tertiary/aromatic N) is 1. The molecule has 2 aliphatic rings. The molecule has 0 bridgehead atoms. The van der Waals surface area contributed by atoms with Gasteiger partial charge in [0.2, 0.25) is 0 Å². The van der Waals surface area contributed by atoms with E-state index in [1.165, 1.54) is 32.2 Å². The minimum Gasteiger partial charge on any atom is -0.466 e. The Bertz CT molecular complexity index is 338. The Morgan fingerprint density at radius 1 is 1.19 bits per heavy atom. The average Bonchev–Trinajstić information content (AvgIpc) is 3.29. The standard InChI is InChI=1S/C18H33NO2/c1-5-21-18(20)16-8-6-7-15(11-16)12-19(17-9-10-17)14(4)13(2)3/h13-17H,5-12H2,1-4H3/t14-,15-,16-/m1/s1. The van der Waals surface area contributed by atoms with Crippen molar-refractivity contribution in [2.24, 2.45) is 17.8 Å². The van der Waals surface area contributed by atoms with Crippen LogP contribution in [0.5, 0.6) is 0 Å². The Labute approximate surface area is 130 Å². The monoisotopic (exact) mass is 295 g/mol. The predicted molar refractivity (Wildman–Crippen MR) is 86.1 cm³/mol. The second kappa shape index (κ2) is 7.62. The molecule has 2 saturated carbocycles. The van der Waals surface area contributed by atoms with Gasteiger partial charge in [-0.15, -0.1) is 0 Å². The van der Waals surface area contributed by atoms with Crippen LogP contribution < -0.4 is 0 Å². The van der Waals surface area contributed by atoms with Crippen molar-refractivity contribution in [3.63, 3.8) is 0 Å². The predicted octanol–water partition coefficient (Wildman–Crippen LogP) is 3.86. The molecule has 0 saturated heterocycles. The molecule has 0 aromatic heterocycles. The van der Waals surface area contributed by atoms with Crippen molar-refractivity contribution in [1.82, 2.24) is 4.90 Å². The number of rotatable bonds is 7. The van der Waals surface area contributed by atoms with E-state index >= 15 is 0 Å². The maximum Gasteiger partial charge on any atom is 0.308 e. The van der Waals surface area contributed by atoms with Gasteiger partial charge in [-0.2, -0.15) is 0 Å². The molecule has 2 rings (SSSR count). The summed E-state index contributed by atoms with van der Waals surface area (Å²) in [5.74, 6) is 1.57. The number of esters is 1. The highest BCUT2D eigenvalue weighted by Gasteiger charge is 2.36. The van der Waals surface area contributed by atoms with E-state index in [1.54, 1.807) is 0 Å². The Morgan fingerprint density at radius 2 is 1.90 bits per heavy atom. The van der Waals surface area contributed by atoms with Crippen molar-refractivity contribution in [2.75, 3.05) is 13.2 Å². The fourth-order valence-electron chi connectivity index (χ4n) is 3.67. The van der Waals surface area contributed by atoms with Gasteiger partial charge in [0.25, 0.3) is 0 Å². The smallest absolute Gasteiger partial charge is 0.308 e. The molecule has 0 aromatic rings. The van der Waals surface area contributed by atoms with Gasteiger partial charge in [0.1, 0.15) is 0 Å². The van der Waals surface area contributed by atoms with Crippen LogP contribution >= 0.6 is 0 Å². The zero-order valence-electron chi connectivity index (χ0n) is 14.3. The normalized spacial score (nSPS) is 27.9. The molecule has 3 nitrogen and oxygen atoms in total. The first-order valence-electron chi connectivity index (χ1n) is 8.95. The van der Waals surface area contributed by atoms with Crippen molar-refractivity contribution >= 4 is 5.97 Å². The van der Waals surface area contributed by atoms with Crippen molar-refractivity contribution in [2.45, 2.75) is 78.3 Å². The summed E-state index contributed by atoms with van der Waals surface area (Å²) in [4.78, 5) is 14.7. The maximum absolute atomic E-state index is 12.0. The van der Waals surface area contributed by atoms with Crippen LogP contribution in [-0.4, -0.2) is 36.1 Å². The lowest BCUT2D eigenvalue weighted by molar-refractivity contribution is -0.149. The molecule has 0 heterocycles. The molecular weight excluding hydrogens is 262 g/mol. The molecule has 2 fully saturated rings. The maximum atomic E-state index is 12.0. The van der Waals surface area contributed by atoms with Gasteiger partial charge in [-0.05, 0) is 57.8 Å². The highest BCUT2D eigenvalue weighted by molar-refractivity contribution is 5.72. The minimum atomic E-state index is 0.0390. The lowest BCUT2D eigenvalue weighted by atomic mass is 9.81. The van der Waals surface area contributed by atoms with Crippen LogP contribution in [0.4, 0.5) is 0 Å². The third-order valence-electron chi connectivity index (χ3n) is 5.38. The van der Waals surface area contributed by atoms with Crippen LogP contribution in [0, 0.1) is 17.8 Å². The number of hydrogen-bond donors (Lipinski definition) is 0. The Balaban J connectivity index is 1.89. The summed E-state index contributed by atoms with van der Waals surface area (Å²) < 4.78 is 5.23. The van der Waals surface area contributed by atoms with Crippen molar-refractivity contribution in [3.8, 4) is 0 Å². The number of hydrogen-bond acceptors (Lipinski definition) is 3. The molecule has 3 atom stereocenters. The summed E-state index contributed by atoms with van der Waals surface area (Å²) in [6, 6.07) is 1.46. The lowest BCUT2D eigenvalue weighted by Gasteiger charge is -2.37. The molecule has 0 N–H and O–H groups in total. The first kappa shape index (κ1) is 16.8. The van der Waals surface area contributed by atoms with E-state index in [2.05, 4.69) is 25.7 Å². The van der Waals surface area contributed by atoms with Crippen molar-refractivity contribution in [1.29, 1.82) is 0 Å². The summed E-state index contributed by atoms with van der Waals surface area (Å²) in [5.41, 5.74) is 0. The Morgan fingerprint density at radius 3 is 2.48 bits per heavy atom. The van der Waals surface area contributed by atoms with Crippen LogP contribution in [0.15, 0.2) is 0 Å². The van der Waals surface area contributed by atoms with Crippen molar-refractivity contribution in [3.05, 3.63) is 0 Å². The molecule has 2 aliphatic carbocycles. The van der Waals surface area contributed by atoms with Gasteiger partial charge in [-0.1, -0.05) is 20.3 Å². The van der Waals surface area contributed by atoms with Gasteiger partial charge >= 0.3 is 5.97 Å². The molecule has 0 aromatic carbocycles. The molecule has 0 aliphatic heterocycles. The largest absolute Gasteiger partial charge is 0.466 e. The summed E-state index contributed by atoms with van der Waals surface area (Å²) >= 11 is 0. The molecule has 0 amide bonds. The summed E-state index contributed by atoms with van der Waals surface area (Å²) in [5, 5.41) is 0. The van der Waals surface area contributed by atoms with E-state index in [1.807, 2.05) is 6.92 Å². The third kappa shape index (κ3) is 4.70. The van der Waals surface area contributed by atoms with Gasteiger partial charge < -0.3 is 4.74 Å². The van der Waals surface area contributed by atoms with Crippen LogP contribution in [0.2, 0.25) is 0 Å². The van der Waals surface area contributed by atoms with Crippen LogP contribution in [0.3, 0.4) is 0 Å². The molecule has 0 spiro atoms. The lowest BCUT2D eigenvalue weighted by Crippen LogP contribution is -2.42. The Kier molecular flexibility index (Phi) is 6.09. The van der Waals surface area contributed by atoms with Gasteiger partial charge in [-0.25, -0.2) is 0 Å². The number of ether oxygens (including phenoxy) is 1. The second-order valence-electron chi connectivity index (χ2n) is 7.39. The Hall–Kier alpha value is -0.570. The summed E-state index contributed by atoms with van der Waals surface area (Å²) in [6.45, 7) is 10.6. The van der Waals surface area contributed by atoms with Gasteiger partial charge in [0.15, 0.2) is 0 Å². The second-order valence-corrected chi connectivity index (χ2v) is 7.39. The van der Waals surface area contributed by atoms with Gasteiger partial charge in [0, 0.05) is 18.6 Å².